The van der Waals surface area contributed by atoms with Gasteiger partial charge in [0.1, 0.15) is 6.04 Å². The molecule has 0 aliphatic heterocycles. The fourth-order valence-corrected chi connectivity index (χ4v) is 1.18. The molecule has 0 aliphatic carbocycles. The monoisotopic (exact) mass is 258 g/mol. The fourth-order valence-electron chi connectivity index (χ4n) is 1.18. The van der Waals surface area contributed by atoms with Crippen LogP contribution in [0.15, 0.2) is 12.2 Å². The van der Waals surface area contributed by atoms with Crippen LogP contribution in [0.25, 0.3) is 0 Å². The molecule has 0 aromatic heterocycles. The maximum Gasteiger partial charge on any atom is 0.326 e. The van der Waals surface area contributed by atoms with Crippen molar-refractivity contribution in [3.63, 3.8) is 0 Å². The van der Waals surface area contributed by atoms with Crippen LogP contribution in [0.4, 0.5) is 0 Å². The van der Waals surface area contributed by atoms with E-state index < -0.39 is 29.9 Å². The minimum atomic E-state index is -1.21. The minimum Gasteiger partial charge on any atom is -0.481 e. The second-order valence-corrected chi connectivity index (χ2v) is 4.04. The topological polar surface area (TPSA) is 130 Å². The minimum absolute atomic E-state index is 0.0128. The molecule has 0 saturated carbocycles. The highest BCUT2D eigenvalue weighted by Gasteiger charge is 2.22. The van der Waals surface area contributed by atoms with Crippen LogP contribution in [0, 0.1) is 0 Å². The molecule has 2 atom stereocenters. The first-order chi connectivity index (χ1) is 8.23. The lowest BCUT2D eigenvalue weighted by Gasteiger charge is -2.17. The van der Waals surface area contributed by atoms with Gasteiger partial charge < -0.3 is 21.3 Å². The summed E-state index contributed by atoms with van der Waals surface area (Å²) in [7, 11) is 0. The van der Waals surface area contributed by atoms with E-state index in [2.05, 4.69) is 11.9 Å². The highest BCUT2D eigenvalue weighted by atomic mass is 16.4. The Morgan fingerprint density at radius 2 is 1.83 bits per heavy atom. The average Bonchev–Trinajstić information content (AvgIpc) is 2.24. The van der Waals surface area contributed by atoms with Crippen molar-refractivity contribution in [2.75, 3.05) is 0 Å². The molecule has 7 heteroatoms. The number of carboxylic acids is 2. The van der Waals surface area contributed by atoms with Crippen LogP contribution in [0.3, 0.4) is 0 Å². The van der Waals surface area contributed by atoms with Crippen LogP contribution < -0.4 is 11.1 Å². The zero-order chi connectivity index (χ0) is 14.3. The van der Waals surface area contributed by atoms with E-state index in [1.54, 1.807) is 0 Å². The van der Waals surface area contributed by atoms with Crippen LogP contribution in [0.2, 0.25) is 0 Å². The van der Waals surface area contributed by atoms with Gasteiger partial charge in [0.25, 0.3) is 0 Å². The molecule has 1 amide bonds. The number of hydrogen-bond acceptors (Lipinski definition) is 4. The Morgan fingerprint density at radius 1 is 1.28 bits per heavy atom. The van der Waals surface area contributed by atoms with Crippen molar-refractivity contribution in [1.29, 1.82) is 0 Å². The summed E-state index contributed by atoms with van der Waals surface area (Å²) >= 11 is 0. The maximum atomic E-state index is 11.3. The van der Waals surface area contributed by atoms with Gasteiger partial charge in [-0.05, 0) is 19.8 Å². The number of carbonyl (C=O) groups excluding carboxylic acids is 1. The normalized spacial score (nSPS) is 13.4. The lowest BCUT2D eigenvalue weighted by atomic mass is 10.0. The molecule has 0 bridgehead atoms. The molecule has 0 aliphatic rings. The van der Waals surface area contributed by atoms with Crippen molar-refractivity contribution in [3.8, 4) is 0 Å². The van der Waals surface area contributed by atoms with Crippen molar-refractivity contribution in [3.05, 3.63) is 12.2 Å². The molecule has 0 radical (unpaired) electrons. The first-order valence-electron chi connectivity index (χ1n) is 5.41. The van der Waals surface area contributed by atoms with E-state index in [-0.39, 0.29) is 19.3 Å². The molecule has 0 saturated heterocycles. The Hall–Kier alpha value is -1.89. The Kier molecular flexibility index (Phi) is 6.66. The largest absolute Gasteiger partial charge is 0.481 e. The van der Waals surface area contributed by atoms with E-state index in [0.717, 1.165) is 0 Å². The van der Waals surface area contributed by atoms with Crippen LogP contribution in [0.5, 0.6) is 0 Å². The SMILES string of the molecule is C=C(CCC(=O)O)CC(NC(=O)[C@H](C)N)C(=O)O. The number of carbonyl (C=O) groups is 3. The molecule has 0 heterocycles. The number of aliphatic carboxylic acids is 2. The number of carboxylic acid groups (broad SMARTS) is 2. The van der Waals surface area contributed by atoms with Gasteiger partial charge in [-0.15, -0.1) is 0 Å². The first kappa shape index (κ1) is 16.1. The van der Waals surface area contributed by atoms with Crippen LogP contribution in [0.1, 0.15) is 26.2 Å². The Labute approximate surface area is 105 Å². The summed E-state index contributed by atoms with van der Waals surface area (Å²) in [6, 6.07) is -1.94. The van der Waals surface area contributed by atoms with E-state index in [9.17, 15) is 14.4 Å². The Bertz CT molecular complexity index is 351. The van der Waals surface area contributed by atoms with Crippen LogP contribution in [-0.2, 0) is 14.4 Å². The van der Waals surface area contributed by atoms with Gasteiger partial charge in [0.15, 0.2) is 0 Å². The maximum absolute atomic E-state index is 11.3. The number of nitrogens with two attached hydrogens (primary N) is 1. The Morgan fingerprint density at radius 3 is 2.22 bits per heavy atom. The summed E-state index contributed by atoms with van der Waals surface area (Å²) in [5.41, 5.74) is 5.76. The van der Waals surface area contributed by atoms with E-state index in [0.29, 0.717) is 5.57 Å². The molecule has 0 aromatic rings. The molecule has 0 fully saturated rings. The van der Waals surface area contributed by atoms with Gasteiger partial charge in [-0.2, -0.15) is 0 Å². The highest BCUT2D eigenvalue weighted by Crippen LogP contribution is 2.10. The summed E-state index contributed by atoms with van der Waals surface area (Å²) in [5.74, 6) is -2.77. The molecule has 102 valence electrons. The van der Waals surface area contributed by atoms with Gasteiger partial charge in [-0.3, -0.25) is 9.59 Å². The van der Waals surface area contributed by atoms with Gasteiger partial charge in [-0.1, -0.05) is 12.2 Å². The molecular weight excluding hydrogens is 240 g/mol. The standard InChI is InChI=1S/C11H18N2O5/c1-6(3-4-9(14)15)5-8(11(17)18)13-10(16)7(2)12/h7-8H,1,3-5,12H2,2H3,(H,13,16)(H,14,15)(H,17,18)/t7-,8?/m0/s1. The molecule has 7 nitrogen and oxygen atoms in total. The molecule has 18 heavy (non-hydrogen) atoms. The van der Waals surface area contributed by atoms with Crippen molar-refractivity contribution in [1.82, 2.24) is 5.32 Å². The lowest BCUT2D eigenvalue weighted by molar-refractivity contribution is -0.141. The quantitative estimate of drug-likeness (QED) is 0.443. The molecule has 0 rings (SSSR count). The summed E-state index contributed by atoms with van der Waals surface area (Å²) < 4.78 is 0. The lowest BCUT2D eigenvalue weighted by Crippen LogP contribution is -2.47. The average molecular weight is 258 g/mol. The summed E-state index contributed by atoms with van der Waals surface area (Å²) in [4.78, 5) is 32.5. The summed E-state index contributed by atoms with van der Waals surface area (Å²) in [6.45, 7) is 5.03. The highest BCUT2D eigenvalue weighted by molar-refractivity contribution is 5.86. The zero-order valence-electron chi connectivity index (χ0n) is 10.2. The molecule has 1 unspecified atom stereocenters. The van der Waals surface area contributed by atoms with Crippen molar-refractivity contribution in [2.24, 2.45) is 5.73 Å². The van der Waals surface area contributed by atoms with Crippen molar-refractivity contribution >= 4 is 17.8 Å². The number of hydrogen-bond donors (Lipinski definition) is 4. The predicted octanol–water partition coefficient (Wildman–Crippen LogP) is -0.286. The fraction of sp³-hybridized carbons (Fsp3) is 0.545. The number of rotatable bonds is 8. The first-order valence-corrected chi connectivity index (χ1v) is 5.41. The van der Waals surface area contributed by atoms with Crippen LogP contribution >= 0.6 is 0 Å². The third kappa shape index (κ3) is 6.64. The molecule has 0 aromatic carbocycles. The second-order valence-electron chi connectivity index (χ2n) is 4.04. The molecule has 0 spiro atoms. The Balaban J connectivity index is 4.36. The van der Waals surface area contributed by atoms with Crippen molar-refractivity contribution < 1.29 is 24.6 Å². The van der Waals surface area contributed by atoms with E-state index in [4.69, 9.17) is 15.9 Å². The van der Waals surface area contributed by atoms with Crippen molar-refractivity contribution in [2.45, 2.75) is 38.3 Å². The predicted molar refractivity (Wildman–Crippen MR) is 63.8 cm³/mol. The van der Waals surface area contributed by atoms with E-state index in [1.807, 2.05) is 0 Å². The van der Waals surface area contributed by atoms with Gasteiger partial charge in [0.2, 0.25) is 5.91 Å². The van der Waals surface area contributed by atoms with Gasteiger partial charge >= 0.3 is 11.9 Å². The summed E-state index contributed by atoms with van der Waals surface area (Å²) in [5, 5.41) is 19.7. The van der Waals surface area contributed by atoms with E-state index >= 15 is 0 Å². The smallest absolute Gasteiger partial charge is 0.326 e. The third-order valence-electron chi connectivity index (χ3n) is 2.21. The summed E-state index contributed by atoms with van der Waals surface area (Å²) in [6.07, 6.45) is 0.0423. The molecular formula is C11H18N2O5. The second kappa shape index (κ2) is 7.44. The van der Waals surface area contributed by atoms with Gasteiger partial charge in [0.05, 0.1) is 6.04 Å². The number of amides is 1. The van der Waals surface area contributed by atoms with Crippen LogP contribution in [-0.4, -0.2) is 40.1 Å². The van der Waals surface area contributed by atoms with Gasteiger partial charge in [-0.25, -0.2) is 4.79 Å². The zero-order valence-corrected chi connectivity index (χ0v) is 10.2. The molecule has 5 N–H and O–H groups in total. The number of nitrogens with one attached hydrogen (secondary N) is 1. The third-order valence-corrected chi connectivity index (χ3v) is 2.21. The van der Waals surface area contributed by atoms with E-state index in [1.165, 1.54) is 6.92 Å². The van der Waals surface area contributed by atoms with Gasteiger partial charge in [0, 0.05) is 6.42 Å².